The molecule has 156 valence electrons. The monoisotopic (exact) mass is 419 g/mol. The second-order valence-electron chi connectivity index (χ2n) is 7.09. The van der Waals surface area contributed by atoms with Crippen LogP contribution in [0.2, 0.25) is 5.02 Å². The Morgan fingerprint density at radius 1 is 1.17 bits per heavy atom. The highest BCUT2D eigenvalue weighted by molar-refractivity contribution is 6.33. The van der Waals surface area contributed by atoms with Gasteiger partial charge in [-0.2, -0.15) is 0 Å². The Kier molecular flexibility index (Phi) is 7.34. The van der Waals surface area contributed by atoms with Crippen molar-refractivity contribution in [3.05, 3.63) is 58.9 Å². The van der Waals surface area contributed by atoms with Crippen molar-refractivity contribution in [1.29, 1.82) is 0 Å². The molecule has 29 heavy (non-hydrogen) atoms. The van der Waals surface area contributed by atoms with Crippen LogP contribution in [0.25, 0.3) is 0 Å². The van der Waals surface area contributed by atoms with Gasteiger partial charge in [0.2, 0.25) is 5.91 Å². The van der Waals surface area contributed by atoms with Crippen molar-refractivity contribution in [2.24, 2.45) is 0 Å². The molecule has 0 aliphatic carbocycles. The minimum absolute atomic E-state index is 0.0509. The van der Waals surface area contributed by atoms with Gasteiger partial charge in [-0.25, -0.2) is 4.39 Å². The van der Waals surface area contributed by atoms with Crippen molar-refractivity contribution >= 4 is 23.2 Å². The van der Waals surface area contributed by atoms with E-state index in [-0.39, 0.29) is 11.7 Å². The van der Waals surface area contributed by atoms with Crippen molar-refractivity contribution in [2.75, 3.05) is 51.3 Å². The van der Waals surface area contributed by atoms with Gasteiger partial charge in [0.1, 0.15) is 0 Å². The van der Waals surface area contributed by atoms with E-state index in [2.05, 4.69) is 9.80 Å². The second-order valence-corrected chi connectivity index (χ2v) is 7.50. The van der Waals surface area contributed by atoms with Crippen molar-refractivity contribution in [2.45, 2.75) is 13.5 Å². The smallest absolute Gasteiger partial charge is 0.237 e. The van der Waals surface area contributed by atoms with Crippen LogP contribution in [0.5, 0.6) is 5.75 Å². The maximum Gasteiger partial charge on any atom is 0.237 e. The number of likely N-dealkylation sites (N-methyl/N-ethyl adjacent to an activating group) is 1. The van der Waals surface area contributed by atoms with Crippen LogP contribution in [-0.2, 0) is 11.3 Å². The van der Waals surface area contributed by atoms with Crippen LogP contribution in [0.3, 0.4) is 0 Å². The summed E-state index contributed by atoms with van der Waals surface area (Å²) in [6.45, 7) is 6.51. The number of rotatable bonds is 7. The van der Waals surface area contributed by atoms with Crippen molar-refractivity contribution in [3.8, 4) is 5.75 Å². The lowest BCUT2D eigenvalue weighted by Crippen LogP contribution is -2.50. The van der Waals surface area contributed by atoms with E-state index in [1.165, 1.54) is 13.2 Å². The Bertz CT molecular complexity index is 841. The third-order valence-corrected chi connectivity index (χ3v) is 5.57. The predicted octanol–water partition coefficient (Wildman–Crippen LogP) is 3.66. The molecule has 0 aromatic heterocycles. The van der Waals surface area contributed by atoms with E-state index in [1.54, 1.807) is 17.0 Å². The molecule has 0 spiro atoms. The molecule has 0 radical (unpaired) electrons. The molecule has 0 bridgehead atoms. The van der Waals surface area contributed by atoms with Gasteiger partial charge in [-0.1, -0.05) is 29.8 Å². The van der Waals surface area contributed by atoms with Crippen LogP contribution in [-0.4, -0.2) is 62.1 Å². The molecule has 1 amide bonds. The van der Waals surface area contributed by atoms with Crippen LogP contribution < -0.4 is 9.64 Å². The molecular formula is C22H27ClFN3O2. The van der Waals surface area contributed by atoms with E-state index >= 15 is 0 Å². The molecule has 0 N–H and O–H groups in total. The summed E-state index contributed by atoms with van der Waals surface area (Å²) in [5.74, 6) is -0.154. The number of hydrogen-bond acceptors (Lipinski definition) is 4. The number of methoxy groups -OCH3 is 1. The second kappa shape index (κ2) is 9.94. The van der Waals surface area contributed by atoms with E-state index < -0.39 is 5.82 Å². The lowest BCUT2D eigenvalue weighted by molar-refractivity contribution is -0.132. The molecule has 1 aliphatic rings. The molecule has 3 rings (SSSR count). The highest BCUT2D eigenvalue weighted by Crippen LogP contribution is 2.26. The predicted molar refractivity (Wildman–Crippen MR) is 114 cm³/mol. The zero-order valence-corrected chi connectivity index (χ0v) is 17.7. The number of carbonyl (C=O) groups is 1. The summed E-state index contributed by atoms with van der Waals surface area (Å²) in [5.41, 5.74) is 1.79. The van der Waals surface area contributed by atoms with Gasteiger partial charge in [0.25, 0.3) is 0 Å². The number of ether oxygens (including phenoxy) is 1. The van der Waals surface area contributed by atoms with Gasteiger partial charge in [0, 0.05) is 39.3 Å². The maximum absolute atomic E-state index is 13.9. The largest absolute Gasteiger partial charge is 0.494 e. The van der Waals surface area contributed by atoms with Crippen LogP contribution in [0.1, 0.15) is 12.5 Å². The zero-order chi connectivity index (χ0) is 20.8. The molecule has 7 heteroatoms. The average molecular weight is 420 g/mol. The summed E-state index contributed by atoms with van der Waals surface area (Å²) in [6.07, 6.45) is 0. The van der Waals surface area contributed by atoms with E-state index in [9.17, 15) is 9.18 Å². The lowest BCUT2D eigenvalue weighted by atomic mass is 10.2. The molecule has 1 aliphatic heterocycles. The van der Waals surface area contributed by atoms with Crippen LogP contribution in [0.4, 0.5) is 10.1 Å². The fourth-order valence-electron chi connectivity index (χ4n) is 3.55. The number of anilines is 1. The Balaban J connectivity index is 1.54. The fraction of sp³-hybridized carbons (Fsp3) is 0.409. The van der Waals surface area contributed by atoms with Gasteiger partial charge in [-0.05, 0) is 36.8 Å². The third-order valence-electron chi connectivity index (χ3n) is 5.25. The van der Waals surface area contributed by atoms with Crippen LogP contribution >= 0.6 is 11.6 Å². The molecule has 2 aromatic carbocycles. The number of halogens is 2. The molecule has 1 heterocycles. The van der Waals surface area contributed by atoms with E-state index in [0.29, 0.717) is 19.6 Å². The minimum Gasteiger partial charge on any atom is -0.494 e. The van der Waals surface area contributed by atoms with E-state index in [0.717, 1.165) is 42.5 Å². The molecule has 0 saturated carbocycles. The summed E-state index contributed by atoms with van der Waals surface area (Å²) in [5, 5.41) is 0.751. The summed E-state index contributed by atoms with van der Waals surface area (Å²) in [4.78, 5) is 19.0. The summed E-state index contributed by atoms with van der Waals surface area (Å²) in [6, 6.07) is 12.6. The molecule has 0 unspecified atom stereocenters. The molecule has 2 aromatic rings. The zero-order valence-electron chi connectivity index (χ0n) is 16.9. The van der Waals surface area contributed by atoms with Gasteiger partial charge in [0.15, 0.2) is 11.6 Å². The number of carbonyl (C=O) groups excluding carboxylic acids is 1. The first-order chi connectivity index (χ1) is 14.0. The van der Waals surface area contributed by atoms with Gasteiger partial charge in [-0.3, -0.25) is 9.69 Å². The molecular weight excluding hydrogens is 393 g/mol. The SMILES string of the molecule is CCN(Cc1ccc(OC)c(F)c1)C(=O)CN1CCN(c2ccccc2Cl)CC1. The topological polar surface area (TPSA) is 36.0 Å². The van der Waals surface area contributed by atoms with Gasteiger partial charge in [-0.15, -0.1) is 0 Å². The Hall–Kier alpha value is -2.31. The van der Waals surface area contributed by atoms with Gasteiger partial charge >= 0.3 is 0 Å². The van der Waals surface area contributed by atoms with Crippen molar-refractivity contribution in [1.82, 2.24) is 9.80 Å². The highest BCUT2D eigenvalue weighted by Gasteiger charge is 2.22. The molecule has 1 fully saturated rings. The number of hydrogen-bond donors (Lipinski definition) is 0. The molecule has 1 saturated heterocycles. The van der Waals surface area contributed by atoms with E-state index in [4.69, 9.17) is 16.3 Å². The van der Waals surface area contributed by atoms with Gasteiger partial charge in [0.05, 0.1) is 24.4 Å². The summed E-state index contributed by atoms with van der Waals surface area (Å²) < 4.78 is 18.9. The van der Waals surface area contributed by atoms with E-state index in [1.807, 2.05) is 31.2 Å². The normalized spacial score (nSPS) is 14.7. The Morgan fingerprint density at radius 2 is 1.90 bits per heavy atom. The summed E-state index contributed by atoms with van der Waals surface area (Å²) >= 11 is 6.30. The first-order valence-corrected chi connectivity index (χ1v) is 10.2. The number of piperazine rings is 1. The maximum atomic E-state index is 13.9. The summed E-state index contributed by atoms with van der Waals surface area (Å²) in [7, 11) is 1.44. The lowest BCUT2D eigenvalue weighted by Gasteiger charge is -2.37. The fourth-order valence-corrected chi connectivity index (χ4v) is 3.81. The van der Waals surface area contributed by atoms with Crippen LogP contribution in [0.15, 0.2) is 42.5 Å². The first-order valence-electron chi connectivity index (χ1n) is 9.83. The van der Waals surface area contributed by atoms with Crippen LogP contribution in [0, 0.1) is 5.82 Å². The number of nitrogens with zero attached hydrogens (tertiary/aromatic N) is 3. The quantitative estimate of drug-likeness (QED) is 0.686. The Morgan fingerprint density at radius 3 is 2.52 bits per heavy atom. The third kappa shape index (κ3) is 5.40. The Labute approximate surface area is 176 Å². The number of benzene rings is 2. The highest BCUT2D eigenvalue weighted by atomic mass is 35.5. The minimum atomic E-state index is -0.413. The van der Waals surface area contributed by atoms with Gasteiger partial charge < -0.3 is 14.5 Å². The standard InChI is InChI=1S/C22H27ClFN3O2/c1-3-26(15-17-8-9-21(29-2)19(24)14-17)22(28)16-25-10-12-27(13-11-25)20-7-5-4-6-18(20)23/h4-9,14H,3,10-13,15-16H2,1-2H3. The van der Waals surface area contributed by atoms with Crippen molar-refractivity contribution < 1.29 is 13.9 Å². The number of amides is 1. The van der Waals surface area contributed by atoms with Crippen molar-refractivity contribution in [3.63, 3.8) is 0 Å². The average Bonchev–Trinajstić information content (AvgIpc) is 2.73. The first kappa shape index (κ1) is 21.4. The molecule has 0 atom stereocenters. The number of para-hydroxylation sites is 1. The molecule has 5 nitrogen and oxygen atoms in total.